The minimum Gasteiger partial charge on any atom is -0.477 e. The average molecular weight is 366 g/mol. The molecule has 140 valence electrons. The predicted molar refractivity (Wildman–Crippen MR) is 104 cm³/mol. The predicted octanol–water partition coefficient (Wildman–Crippen LogP) is 3.18. The molecule has 27 heavy (non-hydrogen) atoms. The SMILES string of the molecule is CN1CCC(Nc2cc(Oc3cccc4cc(C(=O)O)n(C)c34)ccn2)C1. The molecule has 4 rings (SSSR count). The minimum atomic E-state index is -0.962. The molecule has 1 saturated heterocycles. The highest BCUT2D eigenvalue weighted by Crippen LogP contribution is 2.32. The first-order valence-corrected chi connectivity index (χ1v) is 8.92. The number of likely N-dealkylation sites (tertiary alicyclic amines) is 1. The molecule has 1 aliphatic heterocycles. The zero-order valence-electron chi connectivity index (χ0n) is 15.3. The number of aryl methyl sites for hydroxylation is 1. The number of nitrogens with one attached hydrogen (secondary N) is 1. The molecule has 1 unspecified atom stereocenters. The van der Waals surface area contributed by atoms with Crippen LogP contribution in [0, 0.1) is 0 Å². The van der Waals surface area contributed by atoms with Crippen molar-refractivity contribution in [3.8, 4) is 11.5 Å². The van der Waals surface area contributed by atoms with Gasteiger partial charge in [0.25, 0.3) is 0 Å². The zero-order chi connectivity index (χ0) is 19.0. The molecule has 1 aromatic carbocycles. The zero-order valence-corrected chi connectivity index (χ0v) is 15.3. The van der Waals surface area contributed by atoms with Crippen molar-refractivity contribution < 1.29 is 14.6 Å². The first-order valence-electron chi connectivity index (χ1n) is 8.92. The van der Waals surface area contributed by atoms with Crippen molar-refractivity contribution in [3.05, 3.63) is 48.3 Å². The number of carboxylic acid groups (broad SMARTS) is 1. The van der Waals surface area contributed by atoms with Gasteiger partial charge in [-0.05, 0) is 38.2 Å². The van der Waals surface area contributed by atoms with Crippen LogP contribution in [0.15, 0.2) is 42.6 Å². The molecule has 7 nitrogen and oxygen atoms in total. The summed E-state index contributed by atoms with van der Waals surface area (Å²) >= 11 is 0. The summed E-state index contributed by atoms with van der Waals surface area (Å²) in [5.74, 6) is 1.08. The molecular weight excluding hydrogens is 344 g/mol. The van der Waals surface area contributed by atoms with Crippen molar-refractivity contribution in [2.24, 2.45) is 7.05 Å². The van der Waals surface area contributed by atoms with Gasteiger partial charge >= 0.3 is 5.97 Å². The molecule has 7 heteroatoms. The Hall–Kier alpha value is -3.06. The summed E-state index contributed by atoms with van der Waals surface area (Å²) in [6.07, 6.45) is 2.80. The molecule has 0 bridgehead atoms. The average Bonchev–Trinajstić information content (AvgIpc) is 3.19. The molecule has 0 amide bonds. The van der Waals surface area contributed by atoms with Gasteiger partial charge in [-0.3, -0.25) is 0 Å². The van der Waals surface area contributed by atoms with Crippen molar-refractivity contribution in [2.45, 2.75) is 12.5 Å². The maximum absolute atomic E-state index is 11.4. The first-order chi connectivity index (χ1) is 13.0. The molecule has 0 saturated carbocycles. The van der Waals surface area contributed by atoms with Crippen LogP contribution in [0.2, 0.25) is 0 Å². The molecule has 2 N–H and O–H groups in total. The maximum atomic E-state index is 11.4. The van der Waals surface area contributed by atoms with Gasteiger partial charge in [-0.25, -0.2) is 9.78 Å². The number of benzene rings is 1. The standard InChI is InChI=1S/C20H22N4O3/c1-23-9-7-14(12-23)22-18-11-15(6-8-21-18)27-17-5-3-4-13-10-16(20(25)26)24(2)19(13)17/h3-6,8,10-11,14H,7,9,12H2,1-2H3,(H,21,22)(H,25,26). The van der Waals surface area contributed by atoms with Crippen LogP contribution in [0.1, 0.15) is 16.9 Å². The quantitative estimate of drug-likeness (QED) is 0.722. The van der Waals surface area contributed by atoms with Gasteiger partial charge in [-0.2, -0.15) is 0 Å². The van der Waals surface area contributed by atoms with E-state index >= 15 is 0 Å². The molecule has 0 radical (unpaired) electrons. The van der Waals surface area contributed by atoms with Gasteiger partial charge in [0.15, 0.2) is 5.75 Å². The molecule has 2 aromatic heterocycles. The number of ether oxygens (including phenoxy) is 1. The largest absolute Gasteiger partial charge is 0.477 e. The third-order valence-corrected chi connectivity index (χ3v) is 4.94. The van der Waals surface area contributed by atoms with Crippen LogP contribution in [0.3, 0.4) is 0 Å². The molecule has 3 aromatic rings. The van der Waals surface area contributed by atoms with Crippen LogP contribution < -0.4 is 10.1 Å². The number of pyridine rings is 1. The van der Waals surface area contributed by atoms with Gasteiger partial charge in [0.2, 0.25) is 0 Å². The molecule has 1 fully saturated rings. The van der Waals surface area contributed by atoms with Gasteiger partial charge < -0.3 is 24.6 Å². The highest BCUT2D eigenvalue weighted by atomic mass is 16.5. The van der Waals surface area contributed by atoms with Crippen LogP contribution in [0.25, 0.3) is 10.9 Å². The smallest absolute Gasteiger partial charge is 0.352 e. The van der Waals surface area contributed by atoms with Gasteiger partial charge in [0, 0.05) is 37.3 Å². The van der Waals surface area contributed by atoms with E-state index in [1.807, 2.05) is 24.3 Å². The number of para-hydroxylation sites is 1. The van der Waals surface area contributed by atoms with Crippen LogP contribution in [0.5, 0.6) is 11.5 Å². The minimum absolute atomic E-state index is 0.225. The Morgan fingerprint density at radius 3 is 2.89 bits per heavy atom. The Kier molecular flexibility index (Phi) is 4.45. The Bertz CT molecular complexity index is 998. The number of nitrogens with zero attached hydrogens (tertiary/aromatic N) is 3. The lowest BCUT2D eigenvalue weighted by Crippen LogP contribution is -2.23. The van der Waals surface area contributed by atoms with E-state index in [4.69, 9.17) is 4.74 Å². The topological polar surface area (TPSA) is 79.6 Å². The van der Waals surface area contributed by atoms with Crippen molar-refractivity contribution in [1.29, 1.82) is 0 Å². The first kappa shape index (κ1) is 17.4. The Morgan fingerprint density at radius 2 is 2.15 bits per heavy atom. The molecule has 0 aliphatic carbocycles. The second-order valence-electron chi connectivity index (χ2n) is 6.96. The number of anilines is 1. The van der Waals surface area contributed by atoms with Crippen LogP contribution >= 0.6 is 0 Å². The fraction of sp³-hybridized carbons (Fsp3) is 0.300. The number of carbonyl (C=O) groups is 1. The summed E-state index contributed by atoms with van der Waals surface area (Å²) in [7, 11) is 3.84. The summed E-state index contributed by atoms with van der Waals surface area (Å²) in [5, 5.41) is 13.6. The second kappa shape index (κ2) is 6.92. The number of aromatic carboxylic acids is 1. The number of likely N-dealkylation sites (N-methyl/N-ethyl adjacent to an activating group) is 1. The van der Waals surface area contributed by atoms with Crippen LogP contribution in [0.4, 0.5) is 5.82 Å². The highest BCUT2D eigenvalue weighted by Gasteiger charge is 2.20. The number of hydrogen-bond donors (Lipinski definition) is 2. The second-order valence-corrected chi connectivity index (χ2v) is 6.96. The fourth-order valence-corrected chi connectivity index (χ4v) is 3.61. The summed E-state index contributed by atoms with van der Waals surface area (Å²) in [6.45, 7) is 2.07. The van der Waals surface area contributed by atoms with Gasteiger partial charge in [-0.15, -0.1) is 0 Å². The summed E-state index contributed by atoms with van der Waals surface area (Å²) in [4.78, 5) is 18.1. The van der Waals surface area contributed by atoms with E-state index in [2.05, 4.69) is 22.2 Å². The molecular formula is C20H22N4O3. The number of fused-ring (bicyclic) bond motifs is 1. The Balaban J connectivity index is 1.61. The van der Waals surface area contributed by atoms with E-state index in [-0.39, 0.29) is 5.69 Å². The third-order valence-electron chi connectivity index (χ3n) is 4.94. The highest BCUT2D eigenvalue weighted by molar-refractivity contribution is 5.96. The summed E-state index contributed by atoms with van der Waals surface area (Å²) in [5.41, 5.74) is 0.974. The van der Waals surface area contributed by atoms with E-state index in [1.54, 1.807) is 29.9 Å². The third kappa shape index (κ3) is 3.46. The lowest BCUT2D eigenvalue weighted by Gasteiger charge is -2.14. The lowest BCUT2D eigenvalue weighted by atomic mass is 10.2. The van der Waals surface area contributed by atoms with Crippen molar-refractivity contribution in [2.75, 3.05) is 25.5 Å². The van der Waals surface area contributed by atoms with Gasteiger partial charge in [-0.1, -0.05) is 12.1 Å². The summed E-state index contributed by atoms with van der Waals surface area (Å²) < 4.78 is 7.73. The Morgan fingerprint density at radius 1 is 1.30 bits per heavy atom. The van der Waals surface area contributed by atoms with Gasteiger partial charge in [0.05, 0.1) is 5.52 Å². The van der Waals surface area contributed by atoms with Crippen molar-refractivity contribution in [3.63, 3.8) is 0 Å². The molecule has 1 atom stereocenters. The van der Waals surface area contributed by atoms with E-state index in [9.17, 15) is 9.90 Å². The van der Waals surface area contributed by atoms with E-state index in [0.717, 1.165) is 36.2 Å². The van der Waals surface area contributed by atoms with E-state index in [0.29, 0.717) is 17.5 Å². The van der Waals surface area contributed by atoms with Gasteiger partial charge in [0.1, 0.15) is 17.3 Å². The monoisotopic (exact) mass is 366 g/mol. The number of hydrogen-bond acceptors (Lipinski definition) is 5. The van der Waals surface area contributed by atoms with Crippen molar-refractivity contribution >= 4 is 22.7 Å². The number of carboxylic acids is 1. The van der Waals surface area contributed by atoms with Crippen LogP contribution in [-0.4, -0.2) is 51.7 Å². The number of aromatic nitrogens is 2. The fourth-order valence-electron chi connectivity index (χ4n) is 3.61. The lowest BCUT2D eigenvalue weighted by molar-refractivity contribution is 0.0687. The Labute approximate surface area is 157 Å². The summed E-state index contributed by atoms with van der Waals surface area (Å²) in [6, 6.07) is 11.3. The normalized spacial score (nSPS) is 17.3. The van der Waals surface area contributed by atoms with E-state index in [1.165, 1.54) is 0 Å². The number of rotatable bonds is 5. The van der Waals surface area contributed by atoms with E-state index < -0.39 is 5.97 Å². The molecule has 1 aliphatic rings. The van der Waals surface area contributed by atoms with Crippen molar-refractivity contribution in [1.82, 2.24) is 14.5 Å². The van der Waals surface area contributed by atoms with Crippen LogP contribution in [-0.2, 0) is 7.05 Å². The molecule has 3 heterocycles. The molecule has 0 spiro atoms. The maximum Gasteiger partial charge on any atom is 0.352 e.